The van der Waals surface area contributed by atoms with E-state index in [2.05, 4.69) is 38.1 Å². The van der Waals surface area contributed by atoms with Gasteiger partial charge in [0.05, 0.1) is 0 Å². The lowest BCUT2D eigenvalue weighted by molar-refractivity contribution is -0.0294. The summed E-state index contributed by atoms with van der Waals surface area (Å²) in [6.07, 6.45) is 28.2. The van der Waals surface area contributed by atoms with Gasteiger partial charge < -0.3 is 0 Å². The molecule has 6 rings (SSSR count). The highest BCUT2D eigenvalue weighted by atomic mass is 14.6. The van der Waals surface area contributed by atoms with E-state index in [9.17, 15) is 0 Å². The lowest BCUT2D eigenvalue weighted by Gasteiger charge is -2.58. The molecular weight excluding hydrogens is 396 g/mol. The molecule has 0 N–H and O–H groups in total. The van der Waals surface area contributed by atoms with Gasteiger partial charge in [0.2, 0.25) is 0 Å². The van der Waals surface area contributed by atoms with Crippen LogP contribution in [0.3, 0.4) is 0 Å². The Bertz CT molecular complexity index is 701. The lowest BCUT2D eigenvalue weighted by Crippen LogP contribution is -2.48. The molecule has 0 heteroatoms. The van der Waals surface area contributed by atoms with E-state index < -0.39 is 0 Å². The van der Waals surface area contributed by atoms with Crippen LogP contribution in [0, 0.1) is 23.2 Å². The zero-order valence-electron chi connectivity index (χ0n) is 22.1. The summed E-state index contributed by atoms with van der Waals surface area (Å²) in [6.45, 7) is 4.72. The summed E-state index contributed by atoms with van der Waals surface area (Å²) in [6, 6.07) is 10.2. The summed E-state index contributed by atoms with van der Waals surface area (Å²) in [7, 11) is 0. The molecule has 184 valence electrons. The van der Waals surface area contributed by atoms with Crippen LogP contribution in [-0.2, 0) is 5.41 Å². The van der Waals surface area contributed by atoms with Gasteiger partial charge in [-0.05, 0) is 123 Å². The topological polar surface area (TPSA) is 0 Å². The second kappa shape index (κ2) is 10.5. The zero-order chi connectivity index (χ0) is 22.7. The molecule has 2 bridgehead atoms. The Kier molecular flexibility index (Phi) is 7.58. The molecule has 0 nitrogen and oxygen atoms in total. The first-order valence-electron chi connectivity index (χ1n) is 15.3. The van der Waals surface area contributed by atoms with Gasteiger partial charge in [-0.1, -0.05) is 83.1 Å². The van der Waals surface area contributed by atoms with Gasteiger partial charge in [-0.25, -0.2) is 0 Å². The Morgan fingerprint density at radius 1 is 0.667 bits per heavy atom. The molecule has 5 fully saturated rings. The fraction of sp³-hybridized carbons (Fsp3) is 0.818. The maximum Gasteiger partial charge on any atom is -0.00463 e. The highest BCUT2D eigenvalue weighted by Crippen LogP contribution is 2.62. The van der Waals surface area contributed by atoms with Gasteiger partial charge in [0, 0.05) is 0 Å². The highest BCUT2D eigenvalue weighted by molar-refractivity contribution is 5.33. The Hall–Kier alpha value is -0.780. The summed E-state index contributed by atoms with van der Waals surface area (Å²) >= 11 is 0. The van der Waals surface area contributed by atoms with Crippen molar-refractivity contribution in [1.82, 2.24) is 0 Å². The molecule has 0 heterocycles. The van der Waals surface area contributed by atoms with Crippen LogP contribution in [0.2, 0.25) is 0 Å². The van der Waals surface area contributed by atoms with Crippen molar-refractivity contribution < 1.29 is 0 Å². The van der Waals surface area contributed by atoms with Crippen LogP contribution in [-0.4, -0.2) is 0 Å². The van der Waals surface area contributed by atoms with Crippen LogP contribution in [0.4, 0.5) is 0 Å². The molecule has 0 atom stereocenters. The summed E-state index contributed by atoms with van der Waals surface area (Å²) in [5, 5.41) is 0. The molecule has 0 radical (unpaired) electrons. The fourth-order valence-corrected chi connectivity index (χ4v) is 9.02. The average Bonchev–Trinajstić information content (AvgIpc) is 2.90. The SMILES string of the molecule is CCCCCC1CCC(C23CCC(c4ccc([C@H]5CC[C@H](CC)CC5)cc4)(CC2)CC3)CC1. The minimum absolute atomic E-state index is 0.525. The maximum atomic E-state index is 2.57. The Morgan fingerprint density at radius 2 is 1.27 bits per heavy atom. The summed E-state index contributed by atoms with van der Waals surface area (Å²) in [5.74, 6) is 3.95. The number of hydrogen-bond acceptors (Lipinski definition) is 0. The highest BCUT2D eigenvalue weighted by Gasteiger charge is 2.52. The van der Waals surface area contributed by atoms with Gasteiger partial charge in [-0.2, -0.15) is 0 Å². The predicted octanol–water partition coefficient (Wildman–Crippen LogP) is 10.3. The zero-order valence-corrected chi connectivity index (χ0v) is 22.1. The number of fused-ring (bicyclic) bond motifs is 3. The largest absolute Gasteiger partial charge is 0.0654 e. The summed E-state index contributed by atoms with van der Waals surface area (Å²) in [4.78, 5) is 0. The summed E-state index contributed by atoms with van der Waals surface area (Å²) < 4.78 is 0. The van der Waals surface area contributed by atoms with Crippen molar-refractivity contribution in [2.45, 2.75) is 147 Å². The Balaban J connectivity index is 1.15. The minimum atomic E-state index is 0.525. The van der Waals surface area contributed by atoms with E-state index in [0.717, 1.165) is 29.1 Å². The Morgan fingerprint density at radius 3 is 1.85 bits per heavy atom. The lowest BCUT2D eigenvalue weighted by atomic mass is 9.47. The fourth-order valence-electron chi connectivity index (χ4n) is 9.02. The molecule has 1 aromatic rings. The third kappa shape index (κ3) is 4.97. The molecule has 5 aliphatic carbocycles. The third-order valence-electron chi connectivity index (χ3n) is 11.7. The van der Waals surface area contributed by atoms with E-state index >= 15 is 0 Å². The van der Waals surface area contributed by atoms with Crippen LogP contribution >= 0.6 is 0 Å². The van der Waals surface area contributed by atoms with Gasteiger partial charge in [0.1, 0.15) is 0 Å². The van der Waals surface area contributed by atoms with Gasteiger partial charge >= 0.3 is 0 Å². The molecule has 0 unspecified atom stereocenters. The van der Waals surface area contributed by atoms with Crippen LogP contribution < -0.4 is 0 Å². The van der Waals surface area contributed by atoms with E-state index in [-0.39, 0.29) is 0 Å². The van der Waals surface area contributed by atoms with Crippen LogP contribution in [0.5, 0.6) is 0 Å². The second-order valence-corrected chi connectivity index (χ2v) is 13.1. The van der Waals surface area contributed by atoms with Gasteiger partial charge in [0.25, 0.3) is 0 Å². The van der Waals surface area contributed by atoms with Gasteiger partial charge in [0.15, 0.2) is 0 Å². The molecule has 0 aromatic heterocycles. The molecule has 1 aromatic carbocycles. The van der Waals surface area contributed by atoms with E-state index in [1.165, 1.54) is 96.3 Å². The van der Waals surface area contributed by atoms with E-state index in [0.29, 0.717) is 5.41 Å². The molecular formula is C33H52. The molecule has 5 aliphatic rings. The Labute approximate surface area is 205 Å². The number of rotatable bonds is 8. The average molecular weight is 449 g/mol. The maximum absolute atomic E-state index is 2.57. The number of unbranched alkanes of at least 4 members (excludes halogenated alkanes) is 2. The van der Waals surface area contributed by atoms with E-state index in [1.54, 1.807) is 36.8 Å². The first-order valence-corrected chi connectivity index (χ1v) is 15.3. The number of hydrogen-bond donors (Lipinski definition) is 0. The van der Waals surface area contributed by atoms with Crippen LogP contribution in [0.1, 0.15) is 153 Å². The van der Waals surface area contributed by atoms with Crippen molar-refractivity contribution in [3.63, 3.8) is 0 Å². The van der Waals surface area contributed by atoms with Crippen molar-refractivity contribution in [1.29, 1.82) is 0 Å². The molecule has 33 heavy (non-hydrogen) atoms. The molecule has 5 saturated carbocycles. The molecule has 0 amide bonds. The minimum Gasteiger partial charge on any atom is -0.0654 e. The van der Waals surface area contributed by atoms with E-state index in [1.807, 2.05) is 0 Å². The first kappa shape index (κ1) is 23.9. The van der Waals surface area contributed by atoms with Crippen LogP contribution in [0.25, 0.3) is 0 Å². The van der Waals surface area contributed by atoms with Gasteiger partial charge in [-0.3, -0.25) is 0 Å². The smallest absolute Gasteiger partial charge is 0.00463 e. The van der Waals surface area contributed by atoms with Crippen molar-refractivity contribution in [2.75, 3.05) is 0 Å². The van der Waals surface area contributed by atoms with Crippen LogP contribution in [0.15, 0.2) is 24.3 Å². The number of benzene rings is 1. The summed E-state index contributed by atoms with van der Waals surface area (Å²) in [5.41, 5.74) is 4.59. The standard InChI is InChI=1S/C33H52/c1-3-5-6-7-27-10-16-30(17-11-27)32-20-23-33(24-21-32,25-22-32)31-18-14-29(15-19-31)28-12-8-26(4-2)9-13-28/h14-15,18-19,26-28,30H,3-13,16-17,20-25H2,1-2H3/t26-,27?,28-,30?,32?,33?. The second-order valence-electron chi connectivity index (χ2n) is 13.1. The van der Waals surface area contributed by atoms with Crippen molar-refractivity contribution in [3.8, 4) is 0 Å². The monoisotopic (exact) mass is 448 g/mol. The third-order valence-corrected chi connectivity index (χ3v) is 11.7. The molecule has 0 spiro atoms. The predicted molar refractivity (Wildman–Crippen MR) is 143 cm³/mol. The van der Waals surface area contributed by atoms with Crippen molar-refractivity contribution >= 4 is 0 Å². The van der Waals surface area contributed by atoms with Crippen molar-refractivity contribution in [3.05, 3.63) is 35.4 Å². The quantitative estimate of drug-likeness (QED) is 0.347. The van der Waals surface area contributed by atoms with E-state index in [4.69, 9.17) is 0 Å². The normalized spacial score (nSPS) is 39.0. The molecule has 0 saturated heterocycles. The van der Waals surface area contributed by atoms with Crippen molar-refractivity contribution in [2.24, 2.45) is 23.2 Å². The molecule has 0 aliphatic heterocycles. The first-order chi connectivity index (χ1) is 16.2. The van der Waals surface area contributed by atoms with Gasteiger partial charge in [-0.15, -0.1) is 0 Å².